The first-order chi connectivity index (χ1) is 14.0. The van der Waals surface area contributed by atoms with Gasteiger partial charge in [0.05, 0.1) is 16.5 Å². The number of hydrogen-bond donors (Lipinski definition) is 2. The van der Waals surface area contributed by atoms with E-state index in [-0.39, 0.29) is 17.1 Å². The van der Waals surface area contributed by atoms with Gasteiger partial charge < -0.3 is 11.1 Å². The van der Waals surface area contributed by atoms with Crippen LogP contribution in [-0.2, 0) is 0 Å². The first-order valence-corrected chi connectivity index (χ1v) is 9.13. The smallest absolute Gasteiger partial charge is 0.277 e. The molecule has 4 rings (SSSR count). The SMILES string of the molecule is CC(NC(=O)c1nonc1N)c1cc2cccc(Cl)c2c(=O)n1-c1ccccc1. The summed E-state index contributed by atoms with van der Waals surface area (Å²) in [6.45, 7) is 1.76. The van der Waals surface area contributed by atoms with Crippen LogP contribution in [0.1, 0.15) is 29.1 Å². The van der Waals surface area contributed by atoms with Crippen LogP contribution in [0.3, 0.4) is 0 Å². The molecule has 1 unspecified atom stereocenters. The molecular formula is C20H16ClN5O3. The van der Waals surface area contributed by atoms with Crippen LogP contribution < -0.4 is 16.6 Å². The molecule has 4 aromatic rings. The molecule has 9 heteroatoms. The lowest BCUT2D eigenvalue weighted by molar-refractivity contribution is 0.0929. The number of hydrogen-bond acceptors (Lipinski definition) is 6. The molecule has 0 aliphatic heterocycles. The predicted molar refractivity (Wildman–Crippen MR) is 109 cm³/mol. The summed E-state index contributed by atoms with van der Waals surface area (Å²) in [6.07, 6.45) is 0. The molecule has 0 fully saturated rings. The highest BCUT2D eigenvalue weighted by molar-refractivity contribution is 6.35. The molecule has 2 aromatic carbocycles. The van der Waals surface area contributed by atoms with Crippen molar-refractivity contribution in [2.24, 2.45) is 0 Å². The van der Waals surface area contributed by atoms with Gasteiger partial charge in [0, 0.05) is 11.4 Å². The standard InChI is InChI=1S/C20H16ClN5O3/c1-11(23-19(27)17-18(22)25-29-24-17)15-10-12-6-5-9-14(21)16(12)20(28)26(15)13-7-3-2-4-8-13/h2-11H,1H3,(H2,22,25)(H,23,27). The van der Waals surface area contributed by atoms with Crippen molar-refractivity contribution < 1.29 is 9.42 Å². The molecular weight excluding hydrogens is 394 g/mol. The third kappa shape index (κ3) is 3.34. The molecule has 1 atom stereocenters. The zero-order valence-electron chi connectivity index (χ0n) is 15.3. The first kappa shape index (κ1) is 18.7. The number of para-hydroxylation sites is 1. The van der Waals surface area contributed by atoms with Crippen molar-refractivity contribution in [2.75, 3.05) is 5.73 Å². The van der Waals surface area contributed by atoms with Gasteiger partial charge in [-0.15, -0.1) is 0 Å². The zero-order valence-corrected chi connectivity index (χ0v) is 16.1. The van der Waals surface area contributed by atoms with E-state index in [2.05, 4.69) is 20.3 Å². The molecule has 0 aliphatic rings. The number of anilines is 1. The molecule has 1 amide bonds. The van der Waals surface area contributed by atoms with Gasteiger partial charge in [0.2, 0.25) is 11.5 Å². The number of carbonyl (C=O) groups excluding carboxylic acids is 1. The van der Waals surface area contributed by atoms with Gasteiger partial charge in [-0.3, -0.25) is 14.2 Å². The van der Waals surface area contributed by atoms with E-state index in [4.69, 9.17) is 17.3 Å². The third-order valence-electron chi connectivity index (χ3n) is 4.56. The van der Waals surface area contributed by atoms with E-state index >= 15 is 0 Å². The maximum absolute atomic E-state index is 13.4. The van der Waals surface area contributed by atoms with E-state index in [1.54, 1.807) is 25.1 Å². The van der Waals surface area contributed by atoms with Crippen LogP contribution in [0.15, 0.2) is 64.0 Å². The molecule has 0 saturated carbocycles. The number of fused-ring (bicyclic) bond motifs is 1. The summed E-state index contributed by atoms with van der Waals surface area (Å²) in [7, 11) is 0. The fraction of sp³-hybridized carbons (Fsp3) is 0.100. The summed E-state index contributed by atoms with van der Waals surface area (Å²) in [6, 6.07) is 15.6. The molecule has 0 saturated heterocycles. The van der Waals surface area contributed by atoms with Crippen LogP contribution in [0.5, 0.6) is 0 Å². The van der Waals surface area contributed by atoms with Gasteiger partial charge >= 0.3 is 0 Å². The predicted octanol–water partition coefficient (Wildman–Crippen LogP) is 3.10. The normalized spacial score (nSPS) is 12.1. The van der Waals surface area contributed by atoms with E-state index in [0.717, 1.165) is 0 Å². The minimum atomic E-state index is -0.561. The van der Waals surface area contributed by atoms with Gasteiger partial charge in [-0.25, -0.2) is 4.63 Å². The number of amides is 1. The average molecular weight is 410 g/mol. The Labute approximate surface area is 169 Å². The number of aromatic nitrogens is 3. The van der Waals surface area contributed by atoms with Crippen LogP contribution >= 0.6 is 11.6 Å². The first-order valence-electron chi connectivity index (χ1n) is 8.76. The number of halogens is 1. The minimum absolute atomic E-state index is 0.111. The van der Waals surface area contributed by atoms with Crippen molar-refractivity contribution in [3.8, 4) is 5.69 Å². The summed E-state index contributed by atoms with van der Waals surface area (Å²) in [5, 5.41) is 11.1. The lowest BCUT2D eigenvalue weighted by atomic mass is 10.1. The second kappa shape index (κ2) is 7.40. The van der Waals surface area contributed by atoms with Crippen molar-refractivity contribution in [2.45, 2.75) is 13.0 Å². The van der Waals surface area contributed by atoms with Crippen LogP contribution in [-0.4, -0.2) is 20.8 Å². The third-order valence-corrected chi connectivity index (χ3v) is 4.87. The van der Waals surface area contributed by atoms with E-state index in [9.17, 15) is 9.59 Å². The van der Waals surface area contributed by atoms with Crippen molar-refractivity contribution in [1.82, 2.24) is 20.2 Å². The number of benzene rings is 2. The van der Waals surface area contributed by atoms with Crippen molar-refractivity contribution >= 4 is 34.1 Å². The molecule has 8 nitrogen and oxygen atoms in total. The Morgan fingerprint density at radius 1 is 1.17 bits per heavy atom. The topological polar surface area (TPSA) is 116 Å². The Bertz CT molecular complexity index is 1270. The van der Waals surface area contributed by atoms with Crippen LogP contribution in [0, 0.1) is 0 Å². The minimum Gasteiger partial charge on any atom is -0.379 e. The average Bonchev–Trinajstić information content (AvgIpc) is 3.14. The van der Waals surface area contributed by atoms with E-state index in [1.807, 2.05) is 36.4 Å². The molecule has 0 aliphatic carbocycles. The molecule has 0 bridgehead atoms. The van der Waals surface area contributed by atoms with Gasteiger partial charge in [0.15, 0.2) is 0 Å². The Morgan fingerprint density at radius 2 is 1.93 bits per heavy atom. The number of nitrogens with one attached hydrogen (secondary N) is 1. The lowest BCUT2D eigenvalue weighted by Crippen LogP contribution is -2.32. The summed E-state index contributed by atoms with van der Waals surface area (Å²) >= 11 is 6.30. The Hall–Kier alpha value is -3.65. The summed E-state index contributed by atoms with van der Waals surface area (Å²) in [5.41, 5.74) is 6.42. The number of rotatable bonds is 4. The summed E-state index contributed by atoms with van der Waals surface area (Å²) in [5.74, 6) is -0.671. The number of pyridine rings is 1. The molecule has 0 spiro atoms. The number of nitrogens with zero attached hydrogens (tertiary/aromatic N) is 3. The fourth-order valence-electron chi connectivity index (χ4n) is 3.19. The number of carbonyl (C=O) groups is 1. The van der Waals surface area contributed by atoms with Crippen molar-refractivity contribution in [1.29, 1.82) is 0 Å². The monoisotopic (exact) mass is 409 g/mol. The zero-order chi connectivity index (χ0) is 20.5. The molecule has 2 aromatic heterocycles. The van der Waals surface area contributed by atoms with Crippen molar-refractivity contribution in [3.63, 3.8) is 0 Å². The maximum atomic E-state index is 13.4. The van der Waals surface area contributed by atoms with Crippen LogP contribution in [0.2, 0.25) is 5.02 Å². The van der Waals surface area contributed by atoms with Gasteiger partial charge in [0.1, 0.15) is 0 Å². The van der Waals surface area contributed by atoms with Gasteiger partial charge in [-0.1, -0.05) is 41.9 Å². The highest BCUT2D eigenvalue weighted by Crippen LogP contribution is 2.25. The van der Waals surface area contributed by atoms with E-state index in [0.29, 0.717) is 27.2 Å². The second-order valence-corrected chi connectivity index (χ2v) is 6.85. The quantitative estimate of drug-likeness (QED) is 0.535. The van der Waals surface area contributed by atoms with Crippen LogP contribution in [0.25, 0.3) is 16.5 Å². The van der Waals surface area contributed by atoms with Gasteiger partial charge in [-0.2, -0.15) is 0 Å². The van der Waals surface area contributed by atoms with Gasteiger partial charge in [-0.05, 0) is 46.9 Å². The Balaban J connectivity index is 1.88. The molecule has 2 heterocycles. The molecule has 29 heavy (non-hydrogen) atoms. The molecule has 146 valence electrons. The maximum Gasteiger partial charge on any atom is 0.277 e. The lowest BCUT2D eigenvalue weighted by Gasteiger charge is -2.21. The number of nitrogens with two attached hydrogens (primary N) is 1. The number of nitrogen functional groups attached to an aromatic ring is 1. The van der Waals surface area contributed by atoms with Crippen LogP contribution in [0.4, 0.5) is 5.82 Å². The fourth-order valence-corrected chi connectivity index (χ4v) is 3.46. The summed E-state index contributed by atoms with van der Waals surface area (Å²) < 4.78 is 6.01. The highest BCUT2D eigenvalue weighted by Gasteiger charge is 2.22. The van der Waals surface area contributed by atoms with E-state index < -0.39 is 11.9 Å². The highest BCUT2D eigenvalue weighted by atomic mass is 35.5. The summed E-state index contributed by atoms with van der Waals surface area (Å²) in [4.78, 5) is 25.9. The Kier molecular flexibility index (Phi) is 4.77. The van der Waals surface area contributed by atoms with Gasteiger partial charge in [0.25, 0.3) is 11.5 Å². The Morgan fingerprint density at radius 3 is 2.62 bits per heavy atom. The second-order valence-electron chi connectivity index (χ2n) is 6.44. The van der Waals surface area contributed by atoms with E-state index in [1.165, 1.54) is 4.57 Å². The largest absolute Gasteiger partial charge is 0.379 e. The molecule has 0 radical (unpaired) electrons. The molecule has 3 N–H and O–H groups in total. The van der Waals surface area contributed by atoms with Crippen molar-refractivity contribution in [3.05, 3.63) is 81.4 Å².